The normalized spacial score (nSPS) is 11.1. The lowest BCUT2D eigenvalue weighted by atomic mass is 10.1. The van der Waals surface area contributed by atoms with E-state index in [1.807, 2.05) is 12.1 Å². The third-order valence-corrected chi connectivity index (χ3v) is 3.34. The van der Waals surface area contributed by atoms with Gasteiger partial charge in [-0.15, -0.1) is 0 Å². The van der Waals surface area contributed by atoms with Gasteiger partial charge in [0.1, 0.15) is 11.5 Å². The minimum atomic E-state index is 0.0273. The summed E-state index contributed by atoms with van der Waals surface area (Å²) in [6.07, 6.45) is 4.06. The van der Waals surface area contributed by atoms with E-state index < -0.39 is 0 Å². The van der Waals surface area contributed by atoms with Gasteiger partial charge in [0.2, 0.25) is 0 Å². The molecule has 1 heterocycles. The summed E-state index contributed by atoms with van der Waals surface area (Å²) in [4.78, 5) is 6.52. The van der Waals surface area contributed by atoms with Gasteiger partial charge in [-0.25, -0.2) is 0 Å². The second kappa shape index (κ2) is 7.88. The van der Waals surface area contributed by atoms with Gasteiger partial charge >= 0.3 is 0 Å². The Bertz CT molecular complexity index is 414. The Balaban J connectivity index is 2.84. The van der Waals surface area contributed by atoms with Gasteiger partial charge in [-0.2, -0.15) is 0 Å². The van der Waals surface area contributed by atoms with Crippen LogP contribution in [0.5, 0.6) is 0 Å². The monoisotopic (exact) mass is 276 g/mol. The predicted molar refractivity (Wildman–Crippen MR) is 86.4 cm³/mol. The highest BCUT2D eigenvalue weighted by Crippen LogP contribution is 2.18. The zero-order chi connectivity index (χ0) is 15.1. The molecule has 3 N–H and O–H groups in total. The van der Waals surface area contributed by atoms with Crippen molar-refractivity contribution in [3.8, 4) is 0 Å². The second-order valence-corrected chi connectivity index (χ2v) is 6.17. The lowest BCUT2D eigenvalue weighted by Crippen LogP contribution is -2.28. The van der Waals surface area contributed by atoms with Crippen LogP contribution in [-0.4, -0.2) is 23.9 Å². The number of anilines is 1. The third kappa shape index (κ3) is 5.59. The summed E-state index contributed by atoms with van der Waals surface area (Å²) in [6, 6.07) is 3.93. The zero-order valence-electron chi connectivity index (χ0n) is 13.2. The number of nitrogens with zero attached hydrogens (tertiary/aromatic N) is 2. The Morgan fingerprint density at radius 3 is 2.20 bits per heavy atom. The van der Waals surface area contributed by atoms with Crippen molar-refractivity contribution < 1.29 is 0 Å². The molecule has 0 saturated carbocycles. The molecule has 112 valence electrons. The van der Waals surface area contributed by atoms with Gasteiger partial charge in [0.05, 0.1) is 0 Å². The van der Waals surface area contributed by atoms with E-state index in [1.165, 1.54) is 0 Å². The average Bonchev–Trinajstić information content (AvgIpc) is 2.38. The summed E-state index contributed by atoms with van der Waals surface area (Å²) in [6.45, 7) is 11.0. The van der Waals surface area contributed by atoms with Crippen molar-refractivity contribution in [2.45, 2.75) is 40.5 Å². The minimum Gasteiger partial charge on any atom is -0.382 e. The molecule has 0 radical (unpaired) electrons. The Morgan fingerprint density at radius 2 is 1.75 bits per heavy atom. The number of hydrogen-bond donors (Lipinski definition) is 2. The van der Waals surface area contributed by atoms with Gasteiger partial charge in [-0.05, 0) is 36.8 Å². The minimum absolute atomic E-state index is 0.0273. The van der Waals surface area contributed by atoms with Gasteiger partial charge < -0.3 is 10.6 Å². The van der Waals surface area contributed by atoms with E-state index in [0.717, 1.165) is 31.6 Å². The molecule has 20 heavy (non-hydrogen) atoms. The zero-order valence-corrected chi connectivity index (χ0v) is 13.2. The number of aromatic nitrogens is 1. The number of hydrogen-bond acceptors (Lipinski definition) is 3. The van der Waals surface area contributed by atoms with E-state index >= 15 is 0 Å². The van der Waals surface area contributed by atoms with Gasteiger partial charge in [0.25, 0.3) is 0 Å². The fourth-order valence-electron chi connectivity index (χ4n) is 1.96. The molecule has 0 atom stereocenters. The van der Waals surface area contributed by atoms with Crippen LogP contribution in [0.25, 0.3) is 0 Å². The summed E-state index contributed by atoms with van der Waals surface area (Å²) >= 11 is 0. The Kier molecular flexibility index (Phi) is 6.49. The average molecular weight is 276 g/mol. The predicted octanol–water partition coefficient (Wildman–Crippen LogP) is 3.26. The quantitative estimate of drug-likeness (QED) is 0.565. The van der Waals surface area contributed by atoms with E-state index in [-0.39, 0.29) is 5.84 Å². The van der Waals surface area contributed by atoms with Crippen molar-refractivity contribution in [2.75, 3.05) is 18.0 Å². The van der Waals surface area contributed by atoms with Crippen LogP contribution in [0, 0.1) is 17.2 Å². The summed E-state index contributed by atoms with van der Waals surface area (Å²) in [5, 5.41) is 7.51. The number of nitrogens with two attached hydrogens (primary N) is 1. The first-order chi connectivity index (χ1) is 9.40. The molecule has 0 aliphatic rings. The number of rotatable bonds is 8. The highest BCUT2D eigenvalue weighted by atomic mass is 15.1. The second-order valence-electron chi connectivity index (χ2n) is 6.17. The molecule has 0 amide bonds. The van der Waals surface area contributed by atoms with Crippen LogP contribution in [-0.2, 0) is 0 Å². The largest absolute Gasteiger partial charge is 0.382 e. The Hall–Kier alpha value is -1.58. The van der Waals surface area contributed by atoms with E-state index in [0.29, 0.717) is 17.5 Å². The van der Waals surface area contributed by atoms with E-state index in [9.17, 15) is 0 Å². The Morgan fingerprint density at radius 1 is 1.20 bits per heavy atom. The molecule has 1 rings (SSSR count). The number of pyridine rings is 1. The maximum absolute atomic E-state index is 7.51. The molecule has 0 aliphatic carbocycles. The summed E-state index contributed by atoms with van der Waals surface area (Å²) < 4.78 is 0. The van der Waals surface area contributed by atoms with Crippen molar-refractivity contribution in [2.24, 2.45) is 17.6 Å². The van der Waals surface area contributed by atoms with Crippen LogP contribution in [0.3, 0.4) is 0 Å². The van der Waals surface area contributed by atoms with Crippen LogP contribution < -0.4 is 10.6 Å². The first-order valence-corrected chi connectivity index (χ1v) is 7.45. The molecule has 0 spiro atoms. The molecule has 1 aromatic rings. The van der Waals surface area contributed by atoms with Crippen molar-refractivity contribution in [3.63, 3.8) is 0 Å². The smallest absolute Gasteiger partial charge is 0.141 e. The van der Waals surface area contributed by atoms with Crippen molar-refractivity contribution in [1.82, 2.24) is 4.98 Å². The molecule has 0 fully saturated rings. The third-order valence-electron chi connectivity index (χ3n) is 3.34. The van der Waals surface area contributed by atoms with Gasteiger partial charge in [0.15, 0.2) is 0 Å². The molecule has 0 saturated heterocycles. The first-order valence-electron chi connectivity index (χ1n) is 7.45. The highest BCUT2D eigenvalue weighted by molar-refractivity contribution is 5.93. The molecule has 0 aromatic carbocycles. The van der Waals surface area contributed by atoms with Crippen LogP contribution in [0.1, 0.15) is 46.2 Å². The SMILES string of the molecule is CC(C)CCN(CCC(C)C)c1ccnc(C(=N)N)c1. The maximum atomic E-state index is 7.51. The van der Waals surface area contributed by atoms with Crippen LogP contribution in [0.4, 0.5) is 5.69 Å². The van der Waals surface area contributed by atoms with E-state index in [1.54, 1.807) is 6.20 Å². The lowest BCUT2D eigenvalue weighted by Gasteiger charge is -2.26. The molecule has 4 nitrogen and oxygen atoms in total. The van der Waals surface area contributed by atoms with Gasteiger partial charge in [-0.3, -0.25) is 10.4 Å². The fourth-order valence-corrected chi connectivity index (χ4v) is 1.96. The Labute approximate surface area is 122 Å². The maximum Gasteiger partial charge on any atom is 0.141 e. The van der Waals surface area contributed by atoms with Gasteiger partial charge in [0, 0.05) is 25.0 Å². The molecule has 4 heteroatoms. The van der Waals surface area contributed by atoms with Crippen molar-refractivity contribution in [1.29, 1.82) is 5.41 Å². The number of nitrogens with one attached hydrogen (secondary N) is 1. The standard InChI is InChI=1S/C16H28N4/c1-12(2)6-9-20(10-7-13(3)4)14-5-8-19-15(11-14)16(17)18/h5,8,11-13H,6-7,9-10H2,1-4H3,(H3,17,18). The fraction of sp³-hybridized carbons (Fsp3) is 0.625. The van der Waals surface area contributed by atoms with Crippen LogP contribution in [0.15, 0.2) is 18.3 Å². The number of amidine groups is 1. The van der Waals surface area contributed by atoms with E-state index in [4.69, 9.17) is 11.1 Å². The molecule has 0 bridgehead atoms. The van der Waals surface area contributed by atoms with Crippen LogP contribution in [0.2, 0.25) is 0 Å². The highest BCUT2D eigenvalue weighted by Gasteiger charge is 2.10. The summed E-state index contributed by atoms with van der Waals surface area (Å²) in [7, 11) is 0. The summed E-state index contributed by atoms with van der Waals surface area (Å²) in [5.41, 5.74) is 7.20. The van der Waals surface area contributed by atoms with E-state index in [2.05, 4.69) is 37.6 Å². The molecule has 1 aromatic heterocycles. The van der Waals surface area contributed by atoms with Crippen molar-refractivity contribution in [3.05, 3.63) is 24.0 Å². The van der Waals surface area contributed by atoms with Gasteiger partial charge in [-0.1, -0.05) is 27.7 Å². The molecular weight excluding hydrogens is 248 g/mol. The van der Waals surface area contributed by atoms with Crippen LogP contribution >= 0.6 is 0 Å². The van der Waals surface area contributed by atoms with Crippen molar-refractivity contribution >= 4 is 11.5 Å². The molecule has 0 aliphatic heterocycles. The molecule has 0 unspecified atom stereocenters. The lowest BCUT2D eigenvalue weighted by molar-refractivity contribution is 0.535. The number of nitrogen functional groups attached to an aromatic ring is 1. The topological polar surface area (TPSA) is 66.0 Å². The first kappa shape index (κ1) is 16.5. The summed E-state index contributed by atoms with van der Waals surface area (Å²) in [5.74, 6) is 1.40. The molecular formula is C16H28N4.